The lowest BCUT2D eigenvalue weighted by Gasteiger charge is -2.12. The molecule has 0 N–H and O–H groups in total. The number of rotatable bonds is 6. The first-order chi connectivity index (χ1) is 4.85. The number of hydrogen-bond donors (Lipinski definition) is 0. The Morgan fingerprint density at radius 2 is 1.09 bits per heavy atom. The lowest BCUT2D eigenvalue weighted by Crippen LogP contribution is -2.27. The molecule has 0 bridgehead atoms. The molecule has 0 aliphatic carbocycles. The van der Waals surface area contributed by atoms with Crippen LogP contribution in [-0.4, -0.2) is 40.3 Å². The van der Waals surface area contributed by atoms with Crippen LogP contribution in [0.2, 0.25) is 0 Å². The van der Waals surface area contributed by atoms with Crippen LogP contribution in [0.3, 0.4) is 0 Å². The minimum absolute atomic E-state index is 0. The highest BCUT2D eigenvalue weighted by atomic mass is 28.3. The van der Waals surface area contributed by atoms with Crippen LogP contribution >= 0.6 is 0 Å². The Kier molecular flexibility index (Phi) is 13.0. The molecule has 0 aromatic heterocycles. The molecule has 0 spiro atoms. The van der Waals surface area contributed by atoms with Gasteiger partial charge in [-0.2, -0.15) is 0 Å². The second kappa shape index (κ2) is 10.3. The van der Waals surface area contributed by atoms with Crippen LogP contribution in [-0.2, 0) is 13.3 Å². The average Bonchev–Trinajstić information content (AvgIpc) is 1.90. The molecule has 0 atom stereocenters. The van der Waals surface area contributed by atoms with Gasteiger partial charge in [0.05, 0.1) is 0 Å². The fourth-order valence-corrected chi connectivity index (χ4v) is 1.66. The lowest BCUT2D eigenvalue weighted by molar-refractivity contribution is 0.107. The van der Waals surface area contributed by atoms with Crippen molar-refractivity contribution < 1.29 is 13.3 Å². The van der Waals surface area contributed by atoms with E-state index in [1.165, 1.54) is 0 Å². The zero-order valence-electron chi connectivity index (χ0n) is 6.92. The van der Waals surface area contributed by atoms with E-state index >= 15 is 0 Å². The Bertz CT molecular complexity index is 58.6. The SMILES string of the molecule is CCO[SiH](OCC)OCC.[SiH4]. The maximum absolute atomic E-state index is 5.22. The largest absolute Gasteiger partial charge is 0.484 e. The van der Waals surface area contributed by atoms with E-state index in [9.17, 15) is 0 Å². The Hall–Kier alpha value is 0.314. The van der Waals surface area contributed by atoms with Gasteiger partial charge in [0.25, 0.3) is 0 Å². The predicted molar refractivity (Wildman–Crippen MR) is 53.4 cm³/mol. The molecule has 0 aromatic rings. The molecule has 0 heterocycles. The van der Waals surface area contributed by atoms with Gasteiger partial charge < -0.3 is 13.3 Å². The monoisotopic (exact) mass is 196 g/mol. The highest BCUT2D eigenvalue weighted by Crippen LogP contribution is 1.90. The van der Waals surface area contributed by atoms with Crippen molar-refractivity contribution in [2.75, 3.05) is 19.8 Å². The van der Waals surface area contributed by atoms with Crippen molar-refractivity contribution in [1.82, 2.24) is 0 Å². The minimum Gasteiger partial charge on any atom is -0.376 e. The molecule has 3 nitrogen and oxygen atoms in total. The maximum atomic E-state index is 5.22. The fourth-order valence-electron chi connectivity index (χ4n) is 0.553. The van der Waals surface area contributed by atoms with Crippen LogP contribution in [0.5, 0.6) is 0 Å². The Labute approximate surface area is 75.0 Å². The van der Waals surface area contributed by atoms with Crippen LogP contribution in [0.25, 0.3) is 0 Å². The maximum Gasteiger partial charge on any atom is 0.484 e. The summed E-state index contributed by atoms with van der Waals surface area (Å²) in [5, 5.41) is 0. The zero-order valence-corrected chi connectivity index (χ0v) is 8.08. The van der Waals surface area contributed by atoms with E-state index in [-0.39, 0.29) is 11.0 Å². The third-order valence-corrected chi connectivity index (χ3v) is 2.72. The third kappa shape index (κ3) is 8.22. The summed E-state index contributed by atoms with van der Waals surface area (Å²) in [6, 6.07) is 0. The summed E-state index contributed by atoms with van der Waals surface area (Å²) >= 11 is 0. The normalized spacial score (nSPS) is 9.82. The molecule has 70 valence electrons. The molecular weight excluding hydrogens is 176 g/mol. The Morgan fingerprint density at radius 3 is 1.27 bits per heavy atom. The average molecular weight is 196 g/mol. The highest BCUT2D eigenvalue weighted by molar-refractivity contribution is 6.36. The number of hydrogen-bond acceptors (Lipinski definition) is 3. The standard InChI is InChI=1S/C6H16O3Si.H4Si/c1-4-7-10(8-5-2)9-6-3;/h10H,4-6H2,1-3H3;1H4. The quantitative estimate of drug-likeness (QED) is 0.529. The first-order valence-electron chi connectivity index (χ1n) is 3.69. The third-order valence-electron chi connectivity index (χ3n) is 0.908. The fraction of sp³-hybridized carbons (Fsp3) is 1.00. The molecule has 5 heteroatoms. The summed E-state index contributed by atoms with van der Waals surface area (Å²) in [7, 11) is -1.73. The molecule has 0 saturated heterocycles. The smallest absolute Gasteiger partial charge is 0.376 e. The minimum atomic E-state index is -1.73. The van der Waals surface area contributed by atoms with Gasteiger partial charge in [-0.1, -0.05) is 0 Å². The van der Waals surface area contributed by atoms with Crippen molar-refractivity contribution >= 4 is 20.5 Å². The summed E-state index contributed by atoms with van der Waals surface area (Å²) in [5.74, 6) is 0. The molecule has 0 unspecified atom stereocenters. The van der Waals surface area contributed by atoms with Crippen molar-refractivity contribution in [2.45, 2.75) is 20.8 Å². The Morgan fingerprint density at radius 1 is 0.818 bits per heavy atom. The molecule has 0 amide bonds. The molecule has 0 aliphatic heterocycles. The van der Waals surface area contributed by atoms with Crippen LogP contribution in [0.1, 0.15) is 20.8 Å². The van der Waals surface area contributed by atoms with E-state index in [1.54, 1.807) is 0 Å². The molecule has 0 aliphatic rings. The van der Waals surface area contributed by atoms with Crippen LogP contribution < -0.4 is 0 Å². The second-order valence-electron chi connectivity index (χ2n) is 1.65. The molecular formula is C6H20O3Si2. The van der Waals surface area contributed by atoms with Crippen LogP contribution in [0.4, 0.5) is 0 Å². The van der Waals surface area contributed by atoms with Gasteiger partial charge in [-0.15, -0.1) is 0 Å². The van der Waals surface area contributed by atoms with Crippen molar-refractivity contribution in [3.05, 3.63) is 0 Å². The van der Waals surface area contributed by atoms with E-state index in [1.807, 2.05) is 20.8 Å². The topological polar surface area (TPSA) is 27.7 Å². The molecule has 11 heavy (non-hydrogen) atoms. The van der Waals surface area contributed by atoms with E-state index in [4.69, 9.17) is 13.3 Å². The van der Waals surface area contributed by atoms with E-state index in [0.717, 1.165) is 0 Å². The summed E-state index contributed by atoms with van der Waals surface area (Å²) in [6.45, 7) is 7.86. The Balaban J connectivity index is 0. The highest BCUT2D eigenvalue weighted by Gasteiger charge is 2.11. The van der Waals surface area contributed by atoms with Crippen molar-refractivity contribution in [1.29, 1.82) is 0 Å². The molecule has 0 rings (SSSR count). The van der Waals surface area contributed by atoms with E-state index < -0.39 is 9.53 Å². The van der Waals surface area contributed by atoms with E-state index in [0.29, 0.717) is 19.8 Å². The first-order valence-corrected chi connectivity index (χ1v) is 5.11. The molecule has 0 fully saturated rings. The zero-order chi connectivity index (χ0) is 7.82. The van der Waals surface area contributed by atoms with Gasteiger partial charge in [-0.05, 0) is 31.7 Å². The van der Waals surface area contributed by atoms with Crippen LogP contribution in [0.15, 0.2) is 0 Å². The van der Waals surface area contributed by atoms with Gasteiger partial charge in [0.2, 0.25) is 0 Å². The van der Waals surface area contributed by atoms with Gasteiger partial charge >= 0.3 is 9.53 Å². The predicted octanol–water partition coefficient (Wildman–Crippen LogP) is -0.639. The van der Waals surface area contributed by atoms with Crippen molar-refractivity contribution in [2.24, 2.45) is 0 Å². The lowest BCUT2D eigenvalue weighted by atomic mass is 10.9. The summed E-state index contributed by atoms with van der Waals surface area (Å²) in [6.07, 6.45) is 0. The summed E-state index contributed by atoms with van der Waals surface area (Å²) < 4.78 is 15.7. The van der Waals surface area contributed by atoms with Gasteiger partial charge in [-0.25, -0.2) is 0 Å². The van der Waals surface area contributed by atoms with Crippen LogP contribution in [0, 0.1) is 0 Å². The van der Waals surface area contributed by atoms with Crippen molar-refractivity contribution in [3.63, 3.8) is 0 Å². The van der Waals surface area contributed by atoms with Gasteiger partial charge in [0.1, 0.15) is 0 Å². The second-order valence-corrected chi connectivity index (χ2v) is 3.23. The summed E-state index contributed by atoms with van der Waals surface area (Å²) in [5.41, 5.74) is 0. The summed E-state index contributed by atoms with van der Waals surface area (Å²) in [4.78, 5) is 0. The van der Waals surface area contributed by atoms with Crippen molar-refractivity contribution in [3.8, 4) is 0 Å². The van der Waals surface area contributed by atoms with Gasteiger partial charge in [0.15, 0.2) is 0 Å². The first kappa shape index (κ1) is 13.9. The molecule has 0 radical (unpaired) electrons. The van der Waals surface area contributed by atoms with Gasteiger partial charge in [-0.3, -0.25) is 0 Å². The van der Waals surface area contributed by atoms with Gasteiger partial charge in [0, 0.05) is 19.8 Å². The van der Waals surface area contributed by atoms with E-state index in [2.05, 4.69) is 0 Å². The molecule has 0 aromatic carbocycles. The molecule has 0 saturated carbocycles.